The van der Waals surface area contributed by atoms with Crippen molar-refractivity contribution in [2.24, 2.45) is 0 Å². The molecule has 2 aromatic rings. The molecular weight excluding hydrogens is 262 g/mol. The van der Waals surface area contributed by atoms with Crippen LogP contribution in [0.15, 0.2) is 42.7 Å². The Hall–Kier alpha value is -1.65. The Kier molecular flexibility index (Phi) is 6.98. The lowest BCUT2D eigenvalue weighted by Gasteiger charge is -2.07. The molecule has 114 valence electrons. The van der Waals surface area contributed by atoms with Gasteiger partial charge in [0, 0.05) is 32.2 Å². The predicted molar refractivity (Wildman–Crippen MR) is 85.6 cm³/mol. The van der Waals surface area contributed by atoms with E-state index in [1.54, 1.807) is 6.20 Å². The van der Waals surface area contributed by atoms with Gasteiger partial charge in [-0.25, -0.2) is 4.68 Å². The number of aromatic nitrogens is 2. The third-order valence-electron chi connectivity index (χ3n) is 3.32. The summed E-state index contributed by atoms with van der Waals surface area (Å²) in [7, 11) is 0. The van der Waals surface area contributed by atoms with Crippen LogP contribution in [0, 0.1) is 0 Å². The van der Waals surface area contributed by atoms with Crippen LogP contribution in [0.5, 0.6) is 0 Å². The molecule has 1 heterocycles. The van der Waals surface area contributed by atoms with Crippen molar-refractivity contribution < 1.29 is 4.74 Å². The summed E-state index contributed by atoms with van der Waals surface area (Å²) >= 11 is 0. The van der Waals surface area contributed by atoms with E-state index in [-0.39, 0.29) is 0 Å². The molecule has 0 spiro atoms. The third kappa shape index (κ3) is 5.69. The van der Waals surface area contributed by atoms with Crippen LogP contribution in [-0.2, 0) is 11.3 Å². The second-order valence-corrected chi connectivity index (χ2v) is 5.11. The van der Waals surface area contributed by atoms with Gasteiger partial charge in [-0.3, -0.25) is 0 Å². The van der Waals surface area contributed by atoms with E-state index < -0.39 is 0 Å². The smallest absolute Gasteiger partial charge is 0.0645 e. The number of hydrogen-bond donors (Lipinski definition) is 1. The maximum atomic E-state index is 5.53. The van der Waals surface area contributed by atoms with Crippen molar-refractivity contribution in [3.63, 3.8) is 0 Å². The first-order valence-electron chi connectivity index (χ1n) is 7.77. The number of unbranched alkanes of at least 4 members (excludes halogenated alkanes) is 1. The van der Waals surface area contributed by atoms with Gasteiger partial charge in [0.1, 0.15) is 0 Å². The highest BCUT2D eigenvalue weighted by molar-refractivity contribution is 5.33. The molecule has 0 radical (unpaired) electrons. The number of ether oxygens (including phenoxy) is 1. The maximum Gasteiger partial charge on any atom is 0.0645 e. The van der Waals surface area contributed by atoms with E-state index in [2.05, 4.69) is 41.6 Å². The minimum absolute atomic E-state index is 0.852. The first-order valence-corrected chi connectivity index (χ1v) is 7.77. The lowest BCUT2D eigenvalue weighted by atomic mass is 10.2. The fourth-order valence-electron chi connectivity index (χ4n) is 2.07. The van der Waals surface area contributed by atoms with E-state index in [1.165, 1.54) is 12.0 Å². The van der Waals surface area contributed by atoms with E-state index in [0.717, 1.165) is 44.8 Å². The highest BCUT2D eigenvalue weighted by atomic mass is 16.5. The molecule has 0 amide bonds. The molecule has 2 rings (SSSR count). The third-order valence-corrected chi connectivity index (χ3v) is 3.32. The second-order valence-electron chi connectivity index (χ2n) is 5.11. The summed E-state index contributed by atoms with van der Waals surface area (Å²) in [6.07, 6.45) is 7.17. The Morgan fingerprint density at radius 1 is 1.14 bits per heavy atom. The summed E-state index contributed by atoms with van der Waals surface area (Å²) in [4.78, 5) is 0. The topological polar surface area (TPSA) is 39.1 Å². The largest absolute Gasteiger partial charge is 0.381 e. The van der Waals surface area contributed by atoms with Crippen LogP contribution in [0.4, 0.5) is 0 Å². The summed E-state index contributed by atoms with van der Waals surface area (Å²) in [5, 5.41) is 7.66. The van der Waals surface area contributed by atoms with E-state index in [9.17, 15) is 0 Å². The Labute approximate surface area is 127 Å². The fraction of sp³-hybridized carbons (Fsp3) is 0.471. The summed E-state index contributed by atoms with van der Waals surface area (Å²) in [5.41, 5.74) is 2.38. The zero-order valence-corrected chi connectivity index (χ0v) is 12.8. The maximum absolute atomic E-state index is 5.53. The van der Waals surface area contributed by atoms with Crippen LogP contribution in [0.3, 0.4) is 0 Å². The Morgan fingerprint density at radius 2 is 1.95 bits per heavy atom. The van der Waals surface area contributed by atoms with Gasteiger partial charge in [-0.15, -0.1) is 0 Å². The summed E-state index contributed by atoms with van der Waals surface area (Å²) in [5.74, 6) is 0. The van der Waals surface area contributed by atoms with Gasteiger partial charge in [0.05, 0.1) is 5.69 Å². The summed E-state index contributed by atoms with van der Waals surface area (Å²) in [6, 6.07) is 10.4. The SMILES string of the molecule is CCCCOCCCNCc1ccc(-n2cccn2)cc1. The molecule has 0 aliphatic rings. The van der Waals surface area contributed by atoms with Crippen molar-refractivity contribution in [1.82, 2.24) is 15.1 Å². The minimum Gasteiger partial charge on any atom is -0.381 e. The number of nitrogens with one attached hydrogen (secondary N) is 1. The van der Waals surface area contributed by atoms with Crippen molar-refractivity contribution in [3.8, 4) is 5.69 Å². The lowest BCUT2D eigenvalue weighted by Crippen LogP contribution is -2.16. The Bertz CT molecular complexity index is 479. The van der Waals surface area contributed by atoms with Gasteiger partial charge >= 0.3 is 0 Å². The van der Waals surface area contributed by atoms with Crippen LogP contribution in [0.2, 0.25) is 0 Å². The molecule has 0 saturated heterocycles. The zero-order valence-electron chi connectivity index (χ0n) is 12.8. The van der Waals surface area contributed by atoms with Crippen LogP contribution < -0.4 is 5.32 Å². The highest BCUT2D eigenvalue weighted by Gasteiger charge is 1.97. The lowest BCUT2D eigenvalue weighted by molar-refractivity contribution is 0.129. The first kappa shape index (κ1) is 15.7. The number of rotatable bonds is 10. The monoisotopic (exact) mass is 287 g/mol. The molecule has 0 unspecified atom stereocenters. The first-order chi connectivity index (χ1) is 10.4. The standard InChI is InChI=1S/C17H25N3O/c1-2-3-13-21-14-5-10-18-15-16-6-8-17(9-7-16)20-12-4-11-19-20/h4,6-9,11-12,18H,2-3,5,10,13-15H2,1H3. The van der Waals surface area contributed by atoms with Crippen LogP contribution in [0.1, 0.15) is 31.7 Å². The second kappa shape index (κ2) is 9.32. The summed E-state index contributed by atoms with van der Waals surface area (Å²) < 4.78 is 7.40. The predicted octanol–water partition coefficient (Wildman–Crippen LogP) is 3.17. The van der Waals surface area contributed by atoms with E-state index >= 15 is 0 Å². The van der Waals surface area contributed by atoms with Crippen LogP contribution >= 0.6 is 0 Å². The number of hydrogen-bond acceptors (Lipinski definition) is 3. The van der Waals surface area contributed by atoms with Gasteiger partial charge in [0.2, 0.25) is 0 Å². The average Bonchev–Trinajstić information content (AvgIpc) is 3.05. The molecule has 0 atom stereocenters. The van der Waals surface area contributed by atoms with Gasteiger partial charge in [-0.1, -0.05) is 25.5 Å². The normalized spacial score (nSPS) is 10.9. The van der Waals surface area contributed by atoms with Crippen molar-refractivity contribution >= 4 is 0 Å². The van der Waals surface area contributed by atoms with Crippen molar-refractivity contribution in [3.05, 3.63) is 48.3 Å². The van der Waals surface area contributed by atoms with Crippen molar-refractivity contribution in [2.75, 3.05) is 19.8 Å². The van der Waals surface area contributed by atoms with Gasteiger partial charge < -0.3 is 10.1 Å². The van der Waals surface area contributed by atoms with Crippen molar-refractivity contribution in [1.29, 1.82) is 0 Å². The van der Waals surface area contributed by atoms with Gasteiger partial charge in [0.25, 0.3) is 0 Å². The Balaban J connectivity index is 1.61. The van der Waals surface area contributed by atoms with E-state index in [4.69, 9.17) is 4.74 Å². The van der Waals surface area contributed by atoms with E-state index in [1.807, 2.05) is 16.9 Å². The molecule has 0 saturated carbocycles. The van der Waals surface area contributed by atoms with E-state index in [0.29, 0.717) is 0 Å². The van der Waals surface area contributed by atoms with Gasteiger partial charge in [-0.2, -0.15) is 5.10 Å². The fourth-order valence-corrected chi connectivity index (χ4v) is 2.07. The molecule has 0 aliphatic carbocycles. The van der Waals surface area contributed by atoms with Crippen LogP contribution in [0.25, 0.3) is 5.69 Å². The molecule has 0 fully saturated rings. The van der Waals surface area contributed by atoms with Crippen LogP contribution in [-0.4, -0.2) is 29.5 Å². The number of nitrogens with zero attached hydrogens (tertiary/aromatic N) is 2. The molecule has 1 aromatic heterocycles. The number of benzene rings is 1. The quantitative estimate of drug-likeness (QED) is 0.682. The molecule has 4 nitrogen and oxygen atoms in total. The molecular formula is C17H25N3O. The van der Waals surface area contributed by atoms with Crippen molar-refractivity contribution in [2.45, 2.75) is 32.7 Å². The Morgan fingerprint density at radius 3 is 2.67 bits per heavy atom. The average molecular weight is 287 g/mol. The molecule has 1 aromatic carbocycles. The molecule has 4 heteroatoms. The molecule has 21 heavy (non-hydrogen) atoms. The molecule has 0 bridgehead atoms. The minimum atomic E-state index is 0.852. The summed E-state index contributed by atoms with van der Waals surface area (Å²) in [6.45, 7) is 5.82. The zero-order chi connectivity index (χ0) is 14.8. The van der Waals surface area contributed by atoms with Gasteiger partial charge in [0.15, 0.2) is 0 Å². The molecule has 1 N–H and O–H groups in total. The molecule has 0 aliphatic heterocycles. The highest BCUT2D eigenvalue weighted by Crippen LogP contribution is 2.08. The van der Waals surface area contributed by atoms with Gasteiger partial charge in [-0.05, 0) is 43.1 Å².